The normalized spacial score (nSPS) is 19.6. The van der Waals surface area contributed by atoms with Gasteiger partial charge in [0.1, 0.15) is 5.75 Å². The molecule has 1 saturated heterocycles. The molecule has 0 radical (unpaired) electrons. The van der Waals surface area contributed by atoms with Crippen molar-refractivity contribution >= 4 is 17.7 Å². The molecule has 1 aliphatic rings. The molecule has 1 fully saturated rings. The van der Waals surface area contributed by atoms with Crippen LogP contribution >= 0.6 is 11.8 Å². The molecule has 20 heavy (non-hydrogen) atoms. The van der Waals surface area contributed by atoms with Gasteiger partial charge in [-0.15, -0.1) is 11.8 Å². The molecule has 1 aliphatic heterocycles. The highest BCUT2D eigenvalue weighted by molar-refractivity contribution is 8.00. The number of ether oxygens (including phenoxy) is 2. The number of hydrogen-bond acceptors (Lipinski definition) is 4. The molecule has 0 unspecified atom stereocenters. The van der Waals surface area contributed by atoms with E-state index in [1.807, 2.05) is 31.2 Å². The van der Waals surface area contributed by atoms with E-state index >= 15 is 0 Å². The topological polar surface area (TPSA) is 47.6 Å². The standard InChI is InChI=1S/C15H21NO3S/c1-11(15(17)16-10-13-4-3-9-19-13)20-14-7-5-12(18-2)6-8-14/h5-8,11,13H,3-4,9-10H2,1-2H3,(H,16,17)/t11-,13+/m1/s1. The van der Waals surface area contributed by atoms with Crippen LogP contribution in [-0.2, 0) is 9.53 Å². The van der Waals surface area contributed by atoms with Crippen molar-refractivity contribution in [1.82, 2.24) is 5.32 Å². The van der Waals surface area contributed by atoms with E-state index < -0.39 is 0 Å². The Hall–Kier alpha value is -1.20. The van der Waals surface area contributed by atoms with E-state index in [4.69, 9.17) is 9.47 Å². The largest absolute Gasteiger partial charge is 0.497 e. The number of amides is 1. The van der Waals surface area contributed by atoms with Crippen LogP contribution in [-0.4, -0.2) is 37.5 Å². The van der Waals surface area contributed by atoms with E-state index in [0.29, 0.717) is 6.54 Å². The lowest BCUT2D eigenvalue weighted by Crippen LogP contribution is -2.36. The van der Waals surface area contributed by atoms with Crippen molar-refractivity contribution < 1.29 is 14.3 Å². The van der Waals surface area contributed by atoms with Gasteiger partial charge in [0.2, 0.25) is 5.91 Å². The molecule has 1 N–H and O–H groups in total. The maximum atomic E-state index is 12.0. The van der Waals surface area contributed by atoms with Gasteiger partial charge in [-0.25, -0.2) is 0 Å². The molecule has 1 amide bonds. The molecule has 1 heterocycles. The SMILES string of the molecule is COc1ccc(S[C@H](C)C(=O)NC[C@@H]2CCCO2)cc1. The van der Waals surface area contributed by atoms with Crippen LogP contribution < -0.4 is 10.1 Å². The Morgan fingerprint density at radius 2 is 2.25 bits per heavy atom. The molecule has 0 bridgehead atoms. The minimum absolute atomic E-state index is 0.0568. The minimum atomic E-state index is -0.121. The van der Waals surface area contributed by atoms with E-state index in [1.165, 1.54) is 0 Å². The number of methoxy groups -OCH3 is 1. The van der Waals surface area contributed by atoms with Crippen LogP contribution in [0.25, 0.3) is 0 Å². The smallest absolute Gasteiger partial charge is 0.233 e. The van der Waals surface area contributed by atoms with Gasteiger partial charge < -0.3 is 14.8 Å². The van der Waals surface area contributed by atoms with Crippen LogP contribution in [0.1, 0.15) is 19.8 Å². The Kier molecular flexibility index (Phi) is 5.73. The third kappa shape index (κ3) is 4.42. The van der Waals surface area contributed by atoms with Gasteiger partial charge in [0.25, 0.3) is 0 Å². The Morgan fingerprint density at radius 3 is 2.85 bits per heavy atom. The number of hydrogen-bond donors (Lipinski definition) is 1. The van der Waals surface area contributed by atoms with Crippen LogP contribution in [0.3, 0.4) is 0 Å². The molecule has 2 rings (SSSR count). The molecule has 2 atom stereocenters. The zero-order valence-corrected chi connectivity index (χ0v) is 12.7. The first-order valence-corrected chi connectivity index (χ1v) is 7.77. The predicted molar refractivity (Wildman–Crippen MR) is 80.3 cm³/mol. The van der Waals surface area contributed by atoms with Crippen molar-refractivity contribution in [1.29, 1.82) is 0 Å². The van der Waals surface area contributed by atoms with Crippen LogP contribution in [0.15, 0.2) is 29.2 Å². The fraction of sp³-hybridized carbons (Fsp3) is 0.533. The lowest BCUT2D eigenvalue weighted by atomic mass is 10.2. The molecule has 0 saturated carbocycles. The summed E-state index contributed by atoms with van der Waals surface area (Å²) in [5.41, 5.74) is 0. The first-order valence-electron chi connectivity index (χ1n) is 6.89. The average Bonchev–Trinajstić information content (AvgIpc) is 2.98. The molecule has 4 nitrogen and oxygen atoms in total. The number of carbonyl (C=O) groups excluding carboxylic acids is 1. The molecular weight excluding hydrogens is 274 g/mol. The van der Waals surface area contributed by atoms with Gasteiger partial charge >= 0.3 is 0 Å². The highest BCUT2D eigenvalue weighted by Gasteiger charge is 2.19. The highest BCUT2D eigenvalue weighted by Crippen LogP contribution is 2.25. The molecule has 5 heteroatoms. The maximum absolute atomic E-state index is 12.0. The van der Waals surface area contributed by atoms with Gasteiger partial charge in [0.15, 0.2) is 0 Å². The van der Waals surface area contributed by atoms with Gasteiger partial charge in [0, 0.05) is 18.0 Å². The van der Waals surface area contributed by atoms with Crippen molar-refractivity contribution in [2.75, 3.05) is 20.3 Å². The molecule has 110 valence electrons. The third-order valence-corrected chi connectivity index (χ3v) is 4.38. The second-order valence-electron chi connectivity index (χ2n) is 4.82. The molecule has 0 spiro atoms. The number of thioether (sulfide) groups is 1. The van der Waals surface area contributed by atoms with Gasteiger partial charge in [0.05, 0.1) is 18.5 Å². The van der Waals surface area contributed by atoms with Gasteiger partial charge in [-0.3, -0.25) is 4.79 Å². The number of benzene rings is 1. The van der Waals surface area contributed by atoms with Crippen molar-refractivity contribution in [2.24, 2.45) is 0 Å². The van der Waals surface area contributed by atoms with E-state index in [1.54, 1.807) is 18.9 Å². The van der Waals surface area contributed by atoms with Crippen LogP contribution in [0.5, 0.6) is 5.75 Å². The van der Waals surface area contributed by atoms with Crippen molar-refractivity contribution in [2.45, 2.75) is 36.0 Å². The van der Waals surface area contributed by atoms with Gasteiger partial charge in [-0.1, -0.05) is 0 Å². The number of rotatable bonds is 6. The van der Waals surface area contributed by atoms with E-state index in [0.717, 1.165) is 30.1 Å². The maximum Gasteiger partial charge on any atom is 0.233 e. The molecule has 0 aromatic heterocycles. The van der Waals surface area contributed by atoms with Gasteiger partial charge in [-0.05, 0) is 44.0 Å². The Balaban J connectivity index is 1.77. The Morgan fingerprint density at radius 1 is 1.50 bits per heavy atom. The third-order valence-electron chi connectivity index (χ3n) is 3.27. The quantitative estimate of drug-likeness (QED) is 0.819. The summed E-state index contributed by atoms with van der Waals surface area (Å²) in [6.45, 7) is 3.35. The lowest BCUT2D eigenvalue weighted by Gasteiger charge is -2.14. The van der Waals surface area contributed by atoms with Crippen LogP contribution in [0, 0.1) is 0 Å². The minimum Gasteiger partial charge on any atom is -0.497 e. The summed E-state index contributed by atoms with van der Waals surface area (Å²) >= 11 is 1.54. The van der Waals surface area contributed by atoms with E-state index in [2.05, 4.69) is 5.32 Å². The Labute approximate surface area is 124 Å². The lowest BCUT2D eigenvalue weighted by molar-refractivity contribution is -0.120. The number of carbonyl (C=O) groups is 1. The second-order valence-corrected chi connectivity index (χ2v) is 6.23. The number of nitrogens with one attached hydrogen (secondary N) is 1. The fourth-order valence-corrected chi connectivity index (χ4v) is 2.97. The Bertz CT molecular complexity index is 429. The summed E-state index contributed by atoms with van der Waals surface area (Å²) in [4.78, 5) is 13.1. The summed E-state index contributed by atoms with van der Waals surface area (Å²) in [6, 6.07) is 7.74. The first kappa shape index (κ1) is 15.2. The van der Waals surface area contributed by atoms with Crippen molar-refractivity contribution in [3.63, 3.8) is 0 Å². The highest BCUT2D eigenvalue weighted by atomic mass is 32.2. The first-order chi connectivity index (χ1) is 9.69. The zero-order valence-electron chi connectivity index (χ0n) is 11.9. The van der Waals surface area contributed by atoms with Crippen molar-refractivity contribution in [3.8, 4) is 5.75 Å². The molecule has 1 aromatic rings. The van der Waals surface area contributed by atoms with Crippen LogP contribution in [0.4, 0.5) is 0 Å². The predicted octanol–water partition coefficient (Wildman–Crippen LogP) is 2.47. The summed E-state index contributed by atoms with van der Waals surface area (Å²) in [7, 11) is 1.64. The zero-order chi connectivity index (χ0) is 14.4. The van der Waals surface area contributed by atoms with E-state index in [9.17, 15) is 4.79 Å². The molecule has 1 aromatic carbocycles. The monoisotopic (exact) mass is 295 g/mol. The second kappa shape index (κ2) is 7.55. The molecule has 0 aliphatic carbocycles. The van der Waals surface area contributed by atoms with E-state index in [-0.39, 0.29) is 17.3 Å². The fourth-order valence-electron chi connectivity index (χ4n) is 2.08. The summed E-state index contributed by atoms with van der Waals surface area (Å²) in [5.74, 6) is 0.881. The van der Waals surface area contributed by atoms with Gasteiger partial charge in [-0.2, -0.15) is 0 Å². The van der Waals surface area contributed by atoms with Crippen molar-refractivity contribution in [3.05, 3.63) is 24.3 Å². The average molecular weight is 295 g/mol. The molecular formula is C15H21NO3S. The van der Waals surface area contributed by atoms with Crippen LogP contribution in [0.2, 0.25) is 0 Å². The summed E-state index contributed by atoms with van der Waals surface area (Å²) in [5, 5.41) is 2.84. The summed E-state index contributed by atoms with van der Waals surface area (Å²) < 4.78 is 10.6. The summed E-state index contributed by atoms with van der Waals surface area (Å²) in [6.07, 6.45) is 2.33.